The Morgan fingerprint density at radius 3 is 2.75 bits per heavy atom. The summed E-state index contributed by atoms with van der Waals surface area (Å²) in [6, 6.07) is 8.50. The fraction of sp³-hybridized carbons (Fsp3) is 0.444. The molecular formula is C18H22N2O3S. The van der Waals surface area contributed by atoms with Crippen LogP contribution in [0.15, 0.2) is 29.6 Å². The SMILES string of the molecule is CCOC(=O)Cc1csc(-c2ccc(CN3CCOCC3)cc2)n1. The van der Waals surface area contributed by atoms with E-state index in [-0.39, 0.29) is 12.4 Å². The first-order chi connectivity index (χ1) is 11.7. The smallest absolute Gasteiger partial charge is 0.311 e. The Labute approximate surface area is 146 Å². The predicted molar refractivity (Wildman–Crippen MR) is 94.0 cm³/mol. The first-order valence-electron chi connectivity index (χ1n) is 8.24. The van der Waals surface area contributed by atoms with Crippen molar-refractivity contribution in [2.24, 2.45) is 0 Å². The van der Waals surface area contributed by atoms with Crippen molar-refractivity contribution in [3.63, 3.8) is 0 Å². The van der Waals surface area contributed by atoms with E-state index in [0.717, 1.165) is 49.1 Å². The third kappa shape index (κ3) is 4.63. The highest BCUT2D eigenvalue weighted by Gasteiger charge is 2.12. The lowest BCUT2D eigenvalue weighted by Gasteiger charge is -2.26. The topological polar surface area (TPSA) is 51.7 Å². The third-order valence-electron chi connectivity index (χ3n) is 3.89. The van der Waals surface area contributed by atoms with E-state index >= 15 is 0 Å². The maximum atomic E-state index is 11.5. The summed E-state index contributed by atoms with van der Waals surface area (Å²) in [4.78, 5) is 18.5. The predicted octanol–water partition coefficient (Wildman–Crippen LogP) is 2.75. The number of esters is 1. The molecule has 0 amide bonds. The van der Waals surface area contributed by atoms with Crippen molar-refractivity contribution in [1.82, 2.24) is 9.88 Å². The van der Waals surface area contributed by atoms with Crippen LogP contribution >= 0.6 is 11.3 Å². The molecule has 0 atom stereocenters. The Morgan fingerprint density at radius 2 is 2.04 bits per heavy atom. The van der Waals surface area contributed by atoms with Crippen LogP contribution in [0.2, 0.25) is 0 Å². The Kier molecular flexibility index (Phi) is 5.96. The summed E-state index contributed by atoms with van der Waals surface area (Å²) in [5.74, 6) is -0.227. The van der Waals surface area contributed by atoms with E-state index in [4.69, 9.17) is 9.47 Å². The molecule has 6 heteroatoms. The van der Waals surface area contributed by atoms with Gasteiger partial charge in [-0.15, -0.1) is 11.3 Å². The van der Waals surface area contributed by atoms with Gasteiger partial charge < -0.3 is 9.47 Å². The highest BCUT2D eigenvalue weighted by molar-refractivity contribution is 7.13. The van der Waals surface area contributed by atoms with Crippen LogP contribution in [-0.4, -0.2) is 48.8 Å². The van der Waals surface area contributed by atoms with Crippen LogP contribution in [0.4, 0.5) is 0 Å². The molecule has 1 aromatic carbocycles. The van der Waals surface area contributed by atoms with E-state index < -0.39 is 0 Å². The number of morpholine rings is 1. The van der Waals surface area contributed by atoms with E-state index in [0.29, 0.717) is 6.61 Å². The van der Waals surface area contributed by atoms with Gasteiger partial charge in [-0.2, -0.15) is 0 Å². The van der Waals surface area contributed by atoms with Crippen molar-refractivity contribution >= 4 is 17.3 Å². The van der Waals surface area contributed by atoms with E-state index in [1.807, 2.05) is 12.3 Å². The second-order valence-electron chi connectivity index (χ2n) is 5.71. The molecule has 2 aromatic rings. The van der Waals surface area contributed by atoms with E-state index in [1.54, 1.807) is 11.3 Å². The molecular weight excluding hydrogens is 324 g/mol. The van der Waals surface area contributed by atoms with Crippen molar-refractivity contribution in [3.8, 4) is 10.6 Å². The number of nitrogens with zero attached hydrogens (tertiary/aromatic N) is 2. The quantitative estimate of drug-likeness (QED) is 0.753. The molecule has 0 spiro atoms. The molecule has 1 aromatic heterocycles. The number of ether oxygens (including phenoxy) is 2. The molecule has 1 fully saturated rings. The second kappa shape index (κ2) is 8.37. The minimum absolute atomic E-state index is 0.227. The largest absolute Gasteiger partial charge is 0.466 e. The minimum Gasteiger partial charge on any atom is -0.466 e. The Hall–Kier alpha value is -1.76. The maximum Gasteiger partial charge on any atom is 0.311 e. The third-order valence-corrected chi connectivity index (χ3v) is 4.83. The van der Waals surface area contributed by atoms with Gasteiger partial charge in [0.05, 0.1) is 31.9 Å². The van der Waals surface area contributed by atoms with Crippen LogP contribution in [0, 0.1) is 0 Å². The van der Waals surface area contributed by atoms with Gasteiger partial charge in [-0.3, -0.25) is 9.69 Å². The van der Waals surface area contributed by atoms with Gasteiger partial charge in [-0.05, 0) is 12.5 Å². The molecule has 2 heterocycles. The molecule has 0 unspecified atom stereocenters. The monoisotopic (exact) mass is 346 g/mol. The summed E-state index contributed by atoms with van der Waals surface area (Å²) in [7, 11) is 0. The molecule has 1 aliphatic rings. The van der Waals surface area contributed by atoms with Crippen molar-refractivity contribution in [1.29, 1.82) is 0 Å². The number of carbonyl (C=O) groups excluding carboxylic acids is 1. The first-order valence-corrected chi connectivity index (χ1v) is 9.12. The average Bonchev–Trinajstić information content (AvgIpc) is 3.05. The van der Waals surface area contributed by atoms with Gasteiger partial charge in [0.25, 0.3) is 0 Å². The fourth-order valence-electron chi connectivity index (χ4n) is 2.65. The number of thiazole rings is 1. The summed E-state index contributed by atoms with van der Waals surface area (Å²) in [6.45, 7) is 6.79. The molecule has 1 saturated heterocycles. The molecule has 0 N–H and O–H groups in total. The van der Waals surface area contributed by atoms with Crippen LogP contribution in [0.3, 0.4) is 0 Å². The zero-order valence-electron chi connectivity index (χ0n) is 13.9. The lowest BCUT2D eigenvalue weighted by molar-refractivity contribution is -0.142. The highest BCUT2D eigenvalue weighted by Crippen LogP contribution is 2.24. The van der Waals surface area contributed by atoms with Gasteiger partial charge in [0.2, 0.25) is 0 Å². The van der Waals surface area contributed by atoms with E-state index in [1.165, 1.54) is 5.56 Å². The number of hydrogen-bond donors (Lipinski definition) is 0. The number of rotatable bonds is 6. The molecule has 1 aliphatic heterocycles. The van der Waals surface area contributed by atoms with Crippen LogP contribution in [0.5, 0.6) is 0 Å². The standard InChI is InChI=1S/C18H22N2O3S/c1-2-23-17(21)11-16-13-24-18(19-16)15-5-3-14(4-6-15)12-20-7-9-22-10-8-20/h3-6,13H,2,7-12H2,1H3. The van der Waals surface area contributed by atoms with Crippen molar-refractivity contribution in [2.75, 3.05) is 32.9 Å². The lowest BCUT2D eigenvalue weighted by Crippen LogP contribution is -2.35. The number of hydrogen-bond acceptors (Lipinski definition) is 6. The maximum absolute atomic E-state index is 11.5. The number of benzene rings is 1. The molecule has 24 heavy (non-hydrogen) atoms. The van der Waals surface area contributed by atoms with Crippen molar-refractivity contribution in [3.05, 3.63) is 40.9 Å². The van der Waals surface area contributed by atoms with Crippen LogP contribution < -0.4 is 0 Å². The van der Waals surface area contributed by atoms with Crippen LogP contribution in [-0.2, 0) is 27.2 Å². The van der Waals surface area contributed by atoms with E-state index in [2.05, 4.69) is 34.1 Å². The fourth-order valence-corrected chi connectivity index (χ4v) is 3.48. The number of carbonyl (C=O) groups is 1. The molecule has 5 nitrogen and oxygen atoms in total. The van der Waals surface area contributed by atoms with Crippen LogP contribution in [0.1, 0.15) is 18.2 Å². The lowest BCUT2D eigenvalue weighted by atomic mass is 10.1. The average molecular weight is 346 g/mol. The van der Waals surface area contributed by atoms with Crippen molar-refractivity contribution in [2.45, 2.75) is 19.9 Å². The molecule has 0 saturated carbocycles. The minimum atomic E-state index is -0.227. The van der Waals surface area contributed by atoms with Gasteiger partial charge in [0, 0.05) is 30.6 Å². The summed E-state index contributed by atoms with van der Waals surface area (Å²) >= 11 is 1.56. The molecule has 3 rings (SSSR count). The Bertz CT molecular complexity index is 663. The second-order valence-corrected chi connectivity index (χ2v) is 6.57. The van der Waals surface area contributed by atoms with Crippen LogP contribution in [0.25, 0.3) is 10.6 Å². The zero-order valence-corrected chi connectivity index (χ0v) is 14.7. The first kappa shape index (κ1) is 17.1. The van der Waals surface area contributed by atoms with E-state index in [9.17, 15) is 4.79 Å². The van der Waals surface area contributed by atoms with Gasteiger partial charge in [-0.25, -0.2) is 4.98 Å². The summed E-state index contributed by atoms with van der Waals surface area (Å²) in [5, 5.41) is 2.86. The Balaban J connectivity index is 1.60. The molecule has 0 aliphatic carbocycles. The number of aromatic nitrogens is 1. The van der Waals surface area contributed by atoms with Gasteiger partial charge in [0.1, 0.15) is 5.01 Å². The van der Waals surface area contributed by atoms with Crippen molar-refractivity contribution < 1.29 is 14.3 Å². The summed E-state index contributed by atoms with van der Waals surface area (Å²) < 4.78 is 10.3. The summed E-state index contributed by atoms with van der Waals surface area (Å²) in [6.07, 6.45) is 0.236. The van der Waals surface area contributed by atoms with Gasteiger partial charge in [-0.1, -0.05) is 24.3 Å². The normalized spacial score (nSPS) is 15.4. The van der Waals surface area contributed by atoms with Gasteiger partial charge in [0.15, 0.2) is 0 Å². The van der Waals surface area contributed by atoms with Gasteiger partial charge >= 0.3 is 5.97 Å². The Morgan fingerprint density at radius 1 is 1.29 bits per heavy atom. The highest BCUT2D eigenvalue weighted by atomic mass is 32.1. The zero-order chi connectivity index (χ0) is 16.8. The molecule has 0 bridgehead atoms. The summed E-state index contributed by atoms with van der Waals surface area (Å²) in [5.41, 5.74) is 3.15. The molecule has 0 radical (unpaired) electrons. The molecule has 128 valence electrons.